The number of hydrogen-bond acceptors (Lipinski definition) is 4. The lowest BCUT2D eigenvalue weighted by Crippen LogP contribution is -2.23. The highest BCUT2D eigenvalue weighted by Crippen LogP contribution is 2.27. The summed E-state index contributed by atoms with van der Waals surface area (Å²) in [5.74, 6) is 0.785. The maximum atomic E-state index is 12.0. The van der Waals surface area contributed by atoms with Crippen molar-refractivity contribution in [2.75, 3.05) is 6.54 Å². The summed E-state index contributed by atoms with van der Waals surface area (Å²) < 4.78 is 7.57. The maximum absolute atomic E-state index is 12.0. The summed E-state index contributed by atoms with van der Waals surface area (Å²) in [5.41, 5.74) is 1.83. The van der Waals surface area contributed by atoms with Crippen LogP contribution in [0.15, 0.2) is 47.4 Å². The quantitative estimate of drug-likeness (QED) is 0.536. The number of nitrogens with one attached hydrogen (secondary N) is 1. The number of para-hydroxylation sites is 1. The van der Waals surface area contributed by atoms with E-state index in [2.05, 4.69) is 15.4 Å². The van der Waals surface area contributed by atoms with Crippen molar-refractivity contribution in [3.63, 3.8) is 0 Å². The second kappa shape index (κ2) is 7.59. The van der Waals surface area contributed by atoms with E-state index in [1.54, 1.807) is 17.1 Å². The summed E-state index contributed by atoms with van der Waals surface area (Å²) in [6.45, 7) is 3.37. The smallest absolute Gasteiger partial charge is 0.244 e. The molecule has 2 aromatic heterocycles. The molecule has 0 aliphatic rings. The van der Waals surface area contributed by atoms with Crippen LogP contribution in [-0.4, -0.2) is 27.2 Å². The van der Waals surface area contributed by atoms with Gasteiger partial charge in [0.15, 0.2) is 0 Å². The first kappa shape index (κ1) is 16.0. The number of furan rings is 1. The number of hydrogen-bond donors (Lipinski definition) is 1. The Morgan fingerprint density at radius 1 is 1.38 bits per heavy atom. The van der Waals surface area contributed by atoms with E-state index < -0.39 is 0 Å². The minimum absolute atomic E-state index is 0.110. The van der Waals surface area contributed by atoms with E-state index in [0.29, 0.717) is 6.54 Å². The van der Waals surface area contributed by atoms with Gasteiger partial charge in [0.2, 0.25) is 5.91 Å². The fraction of sp³-hybridized carbons (Fsp3) is 0.278. The molecule has 0 aliphatic carbocycles. The number of rotatable bonds is 7. The summed E-state index contributed by atoms with van der Waals surface area (Å²) in [4.78, 5) is 15.9. The normalized spacial score (nSPS) is 11.4. The lowest BCUT2D eigenvalue weighted by atomic mass is 10.1. The predicted molar refractivity (Wildman–Crippen MR) is 92.3 cm³/mol. The molecule has 3 aromatic rings. The SMILES string of the molecule is CCc1oc2ccccc2c1/C=C/C(=O)NCCCn1cncn1. The predicted octanol–water partition coefficient (Wildman–Crippen LogP) is 2.81. The number of carbonyl (C=O) groups is 1. The Kier molecular flexibility index (Phi) is 5.05. The van der Waals surface area contributed by atoms with E-state index in [4.69, 9.17) is 4.42 Å². The first-order valence-corrected chi connectivity index (χ1v) is 8.06. The second-order valence-electron chi connectivity index (χ2n) is 5.43. The molecule has 3 rings (SSSR count). The molecule has 1 aromatic carbocycles. The van der Waals surface area contributed by atoms with Crippen LogP contribution in [0.25, 0.3) is 17.0 Å². The van der Waals surface area contributed by atoms with E-state index in [-0.39, 0.29) is 5.91 Å². The van der Waals surface area contributed by atoms with Gasteiger partial charge in [-0.15, -0.1) is 0 Å². The highest BCUT2D eigenvalue weighted by atomic mass is 16.3. The highest BCUT2D eigenvalue weighted by Gasteiger charge is 2.10. The molecule has 0 bridgehead atoms. The van der Waals surface area contributed by atoms with Crippen LogP contribution in [0, 0.1) is 0 Å². The lowest BCUT2D eigenvalue weighted by Gasteiger charge is -2.02. The van der Waals surface area contributed by atoms with Gasteiger partial charge in [-0.05, 0) is 18.6 Å². The molecule has 0 aliphatic heterocycles. The van der Waals surface area contributed by atoms with E-state index >= 15 is 0 Å². The molecule has 1 N–H and O–H groups in total. The van der Waals surface area contributed by atoms with Crippen LogP contribution in [0.3, 0.4) is 0 Å². The molecule has 0 atom stereocenters. The number of aromatic nitrogens is 3. The molecule has 6 nitrogen and oxygen atoms in total. The van der Waals surface area contributed by atoms with E-state index in [1.165, 1.54) is 6.33 Å². The molecular formula is C18H20N4O2. The molecule has 0 unspecified atom stereocenters. The van der Waals surface area contributed by atoms with Crippen LogP contribution in [0.4, 0.5) is 0 Å². The zero-order chi connectivity index (χ0) is 16.8. The zero-order valence-corrected chi connectivity index (χ0v) is 13.6. The van der Waals surface area contributed by atoms with Gasteiger partial charge < -0.3 is 9.73 Å². The fourth-order valence-corrected chi connectivity index (χ4v) is 2.58. The molecule has 0 saturated heterocycles. The van der Waals surface area contributed by atoms with Gasteiger partial charge in [0.25, 0.3) is 0 Å². The Bertz CT molecular complexity index is 834. The van der Waals surface area contributed by atoms with Crippen molar-refractivity contribution in [2.45, 2.75) is 26.3 Å². The number of benzene rings is 1. The van der Waals surface area contributed by atoms with Gasteiger partial charge in [-0.1, -0.05) is 25.1 Å². The average Bonchev–Trinajstić information content (AvgIpc) is 3.24. The van der Waals surface area contributed by atoms with Crippen molar-refractivity contribution in [2.24, 2.45) is 0 Å². The molecular weight excluding hydrogens is 304 g/mol. The van der Waals surface area contributed by atoms with Crippen molar-refractivity contribution in [3.8, 4) is 0 Å². The summed E-state index contributed by atoms with van der Waals surface area (Å²) in [6.07, 6.45) is 8.15. The van der Waals surface area contributed by atoms with Crippen LogP contribution >= 0.6 is 0 Å². The van der Waals surface area contributed by atoms with Crippen molar-refractivity contribution in [1.29, 1.82) is 0 Å². The number of nitrogens with zero attached hydrogens (tertiary/aromatic N) is 3. The Morgan fingerprint density at radius 3 is 3.04 bits per heavy atom. The number of fused-ring (bicyclic) bond motifs is 1. The molecule has 0 fully saturated rings. The summed E-state index contributed by atoms with van der Waals surface area (Å²) >= 11 is 0. The molecule has 0 spiro atoms. The van der Waals surface area contributed by atoms with Gasteiger partial charge >= 0.3 is 0 Å². The van der Waals surface area contributed by atoms with Crippen molar-refractivity contribution in [3.05, 3.63) is 54.3 Å². The third kappa shape index (κ3) is 3.71. The standard InChI is InChI=1S/C18H20N4O2/c1-2-16-15(14-6-3-4-7-17(14)24-16)8-9-18(23)20-10-5-11-22-13-19-12-21-22/h3-4,6-9,12-13H,2,5,10-11H2,1H3,(H,20,23)/b9-8+. The largest absolute Gasteiger partial charge is 0.460 e. The first-order valence-electron chi connectivity index (χ1n) is 8.06. The van der Waals surface area contributed by atoms with Crippen LogP contribution in [0.1, 0.15) is 24.7 Å². The summed E-state index contributed by atoms with van der Waals surface area (Å²) in [6, 6.07) is 7.86. The second-order valence-corrected chi connectivity index (χ2v) is 5.43. The zero-order valence-electron chi connectivity index (χ0n) is 13.6. The topological polar surface area (TPSA) is 73.0 Å². The number of aryl methyl sites for hydroxylation is 2. The molecule has 6 heteroatoms. The van der Waals surface area contributed by atoms with Crippen molar-refractivity contribution in [1.82, 2.24) is 20.1 Å². The van der Waals surface area contributed by atoms with Crippen LogP contribution < -0.4 is 5.32 Å². The molecule has 1 amide bonds. The van der Waals surface area contributed by atoms with Crippen molar-refractivity contribution < 1.29 is 9.21 Å². The molecule has 0 saturated carbocycles. The van der Waals surface area contributed by atoms with E-state index in [9.17, 15) is 4.79 Å². The number of amides is 1. The first-order chi connectivity index (χ1) is 11.8. The molecule has 124 valence electrons. The minimum Gasteiger partial charge on any atom is -0.460 e. The van der Waals surface area contributed by atoms with Crippen LogP contribution in [-0.2, 0) is 17.8 Å². The van der Waals surface area contributed by atoms with E-state index in [1.807, 2.05) is 37.3 Å². The highest BCUT2D eigenvalue weighted by molar-refractivity contribution is 5.96. The van der Waals surface area contributed by atoms with Gasteiger partial charge in [-0.3, -0.25) is 9.48 Å². The van der Waals surface area contributed by atoms with Gasteiger partial charge in [0.1, 0.15) is 24.0 Å². The van der Waals surface area contributed by atoms with Gasteiger partial charge in [-0.25, -0.2) is 4.98 Å². The molecule has 2 heterocycles. The van der Waals surface area contributed by atoms with Crippen molar-refractivity contribution >= 4 is 23.0 Å². The molecule has 0 radical (unpaired) electrons. The Balaban J connectivity index is 1.58. The third-order valence-electron chi connectivity index (χ3n) is 3.76. The molecule has 24 heavy (non-hydrogen) atoms. The fourth-order valence-electron chi connectivity index (χ4n) is 2.58. The van der Waals surface area contributed by atoms with Crippen LogP contribution in [0.5, 0.6) is 0 Å². The van der Waals surface area contributed by atoms with Gasteiger partial charge in [0, 0.05) is 36.5 Å². The Morgan fingerprint density at radius 2 is 2.25 bits per heavy atom. The van der Waals surface area contributed by atoms with E-state index in [0.717, 1.165) is 41.7 Å². The lowest BCUT2D eigenvalue weighted by molar-refractivity contribution is -0.116. The van der Waals surface area contributed by atoms with Gasteiger partial charge in [-0.2, -0.15) is 5.10 Å². The van der Waals surface area contributed by atoms with Gasteiger partial charge in [0.05, 0.1) is 0 Å². The summed E-state index contributed by atoms with van der Waals surface area (Å²) in [7, 11) is 0. The summed E-state index contributed by atoms with van der Waals surface area (Å²) in [5, 5.41) is 7.93. The van der Waals surface area contributed by atoms with Crippen LogP contribution in [0.2, 0.25) is 0 Å². The maximum Gasteiger partial charge on any atom is 0.244 e. The average molecular weight is 324 g/mol. The Labute approximate surface area is 140 Å². The Hall–Kier alpha value is -2.89. The third-order valence-corrected chi connectivity index (χ3v) is 3.76. The minimum atomic E-state index is -0.110. The number of carbonyl (C=O) groups excluding carboxylic acids is 1. The monoisotopic (exact) mass is 324 g/mol.